The molecule has 3 fully saturated rings. The Balaban J connectivity index is 1.23. The molecule has 2 aliphatic carbocycles. The van der Waals surface area contributed by atoms with Gasteiger partial charge in [0.15, 0.2) is 11.4 Å². The predicted molar refractivity (Wildman–Crippen MR) is 144 cm³/mol. The van der Waals surface area contributed by atoms with Crippen LogP contribution in [0.1, 0.15) is 48.2 Å². The Morgan fingerprint density at radius 1 is 1.18 bits per heavy atom. The number of rotatable bonds is 6. The summed E-state index contributed by atoms with van der Waals surface area (Å²) in [7, 11) is 3.06. The highest BCUT2D eigenvalue weighted by molar-refractivity contribution is 6.14. The lowest BCUT2D eigenvalue weighted by Gasteiger charge is -2.41. The van der Waals surface area contributed by atoms with E-state index in [2.05, 4.69) is 25.6 Å². The van der Waals surface area contributed by atoms with Gasteiger partial charge in [-0.05, 0) is 45.1 Å². The molecule has 7 rings (SSSR count). The van der Waals surface area contributed by atoms with Gasteiger partial charge in [0.1, 0.15) is 22.6 Å². The molecule has 1 atom stereocenters. The fourth-order valence-corrected chi connectivity index (χ4v) is 6.22. The Morgan fingerprint density at radius 3 is 2.69 bits per heavy atom. The Morgan fingerprint density at radius 2 is 1.97 bits per heavy atom. The standard InChI is InChI=1S/C28H31F2N7O2/c1-15-11-37-13-19(25(39-3)23(30)26(37)31-15)33-27(38)22-18(29)10-20(17-12-35(2)34-24(17)22)36-9-6-21(32-16-4-5-16)28(14-36)7-8-28/h10-13,16,21,32H,4-9,14H2,1-3H3,(H,33,38). The molecular weight excluding hydrogens is 504 g/mol. The molecule has 2 saturated carbocycles. The third-order valence-corrected chi connectivity index (χ3v) is 8.46. The summed E-state index contributed by atoms with van der Waals surface area (Å²) in [5.41, 5.74) is 1.82. The van der Waals surface area contributed by atoms with Crippen LogP contribution in [-0.2, 0) is 7.05 Å². The summed E-state index contributed by atoms with van der Waals surface area (Å²) in [4.78, 5) is 19.9. The molecule has 2 N–H and O–H groups in total. The summed E-state index contributed by atoms with van der Waals surface area (Å²) in [6, 6.07) is 2.61. The van der Waals surface area contributed by atoms with Crippen LogP contribution in [0.15, 0.2) is 24.7 Å². The molecular formula is C28H31F2N7O2. The number of amides is 1. The van der Waals surface area contributed by atoms with E-state index in [0.29, 0.717) is 23.2 Å². The van der Waals surface area contributed by atoms with Gasteiger partial charge in [-0.25, -0.2) is 9.37 Å². The van der Waals surface area contributed by atoms with Crippen molar-refractivity contribution < 1.29 is 18.3 Å². The minimum absolute atomic E-state index is 0.0679. The van der Waals surface area contributed by atoms with Crippen molar-refractivity contribution in [3.8, 4) is 5.75 Å². The molecule has 1 spiro atoms. The Hall–Kier alpha value is -3.73. The van der Waals surface area contributed by atoms with E-state index in [1.54, 1.807) is 24.9 Å². The smallest absolute Gasteiger partial charge is 0.261 e. The van der Waals surface area contributed by atoms with Crippen LogP contribution in [0, 0.1) is 24.0 Å². The first kappa shape index (κ1) is 24.3. The molecule has 4 heterocycles. The van der Waals surface area contributed by atoms with Crippen molar-refractivity contribution in [1.29, 1.82) is 0 Å². The molecule has 204 valence electrons. The average molecular weight is 536 g/mol. The maximum absolute atomic E-state index is 15.8. The number of ether oxygens (including phenoxy) is 1. The Kier molecular flexibility index (Phi) is 5.39. The number of carbonyl (C=O) groups excluding carboxylic acids is 1. The van der Waals surface area contributed by atoms with Crippen LogP contribution < -0.4 is 20.3 Å². The summed E-state index contributed by atoms with van der Waals surface area (Å²) in [5.74, 6) is -2.29. The summed E-state index contributed by atoms with van der Waals surface area (Å²) < 4.78 is 39.2. The van der Waals surface area contributed by atoms with Crippen molar-refractivity contribution in [3.05, 3.63) is 47.5 Å². The maximum atomic E-state index is 15.8. The molecule has 0 bridgehead atoms. The summed E-state index contributed by atoms with van der Waals surface area (Å²) in [5, 5.41) is 11.7. The number of piperidine rings is 1. The lowest BCUT2D eigenvalue weighted by molar-refractivity contribution is 0.102. The second kappa shape index (κ2) is 8.64. The number of aromatic nitrogens is 4. The van der Waals surface area contributed by atoms with E-state index in [0.717, 1.165) is 25.2 Å². The van der Waals surface area contributed by atoms with Gasteiger partial charge in [0.25, 0.3) is 5.91 Å². The number of anilines is 2. The summed E-state index contributed by atoms with van der Waals surface area (Å²) in [6.07, 6.45) is 10.8. The minimum Gasteiger partial charge on any atom is -0.491 e. The van der Waals surface area contributed by atoms with Crippen molar-refractivity contribution in [1.82, 2.24) is 24.5 Å². The number of hydrogen-bond acceptors (Lipinski definition) is 6. The van der Waals surface area contributed by atoms with E-state index in [1.807, 2.05) is 6.20 Å². The zero-order chi connectivity index (χ0) is 27.1. The number of fused-ring (bicyclic) bond motifs is 2. The van der Waals surface area contributed by atoms with E-state index < -0.39 is 17.5 Å². The number of carbonyl (C=O) groups is 1. The Labute approximate surface area is 224 Å². The topological polar surface area (TPSA) is 88.7 Å². The molecule has 1 amide bonds. The van der Waals surface area contributed by atoms with Crippen LogP contribution in [0.2, 0.25) is 0 Å². The van der Waals surface area contributed by atoms with E-state index in [1.165, 1.54) is 49.5 Å². The lowest BCUT2D eigenvalue weighted by atomic mass is 9.88. The van der Waals surface area contributed by atoms with Crippen LogP contribution in [0.4, 0.5) is 20.2 Å². The van der Waals surface area contributed by atoms with E-state index >= 15 is 8.78 Å². The molecule has 1 aliphatic heterocycles. The first-order chi connectivity index (χ1) is 18.8. The predicted octanol–water partition coefficient (Wildman–Crippen LogP) is 4.18. The number of nitrogens with zero attached hydrogens (tertiary/aromatic N) is 5. The maximum Gasteiger partial charge on any atom is 0.261 e. The average Bonchev–Trinajstić information content (AvgIpc) is 3.79. The van der Waals surface area contributed by atoms with Crippen LogP contribution >= 0.6 is 0 Å². The molecule has 11 heteroatoms. The minimum atomic E-state index is -0.734. The summed E-state index contributed by atoms with van der Waals surface area (Å²) in [6.45, 7) is 3.40. The fraction of sp³-hybridized carbons (Fsp3) is 0.464. The van der Waals surface area contributed by atoms with Crippen LogP contribution in [0.25, 0.3) is 16.6 Å². The van der Waals surface area contributed by atoms with Gasteiger partial charge in [-0.2, -0.15) is 9.49 Å². The number of hydrogen-bond donors (Lipinski definition) is 2. The third-order valence-electron chi connectivity index (χ3n) is 8.46. The Bertz CT molecular complexity index is 1640. The van der Waals surface area contributed by atoms with Gasteiger partial charge in [-0.15, -0.1) is 0 Å². The third kappa shape index (κ3) is 4.02. The zero-order valence-corrected chi connectivity index (χ0v) is 22.2. The number of imidazole rings is 1. The molecule has 3 aliphatic rings. The number of halogens is 2. The van der Waals surface area contributed by atoms with E-state index in [9.17, 15) is 4.79 Å². The molecule has 39 heavy (non-hydrogen) atoms. The molecule has 3 aromatic heterocycles. The van der Waals surface area contributed by atoms with Gasteiger partial charge in [0.2, 0.25) is 5.82 Å². The van der Waals surface area contributed by atoms with Gasteiger partial charge in [0.05, 0.1) is 18.5 Å². The highest BCUT2D eigenvalue weighted by atomic mass is 19.1. The molecule has 0 radical (unpaired) electrons. The van der Waals surface area contributed by atoms with Gasteiger partial charge in [-0.1, -0.05) is 0 Å². The van der Waals surface area contributed by atoms with Crippen molar-refractivity contribution in [2.45, 2.75) is 51.1 Å². The SMILES string of the molecule is COc1c(NC(=O)c2c(F)cc(N3CCC(NC4CC4)C4(CC4)C3)c3cn(C)nc23)cn2cc(C)nc2c1F. The normalized spacial score (nSPS) is 20.2. The van der Waals surface area contributed by atoms with Crippen LogP contribution in [0.3, 0.4) is 0 Å². The van der Waals surface area contributed by atoms with Crippen LogP contribution in [0.5, 0.6) is 5.75 Å². The monoisotopic (exact) mass is 535 g/mol. The highest BCUT2D eigenvalue weighted by Gasteiger charge is 2.53. The van der Waals surface area contributed by atoms with E-state index in [-0.39, 0.29) is 33.6 Å². The lowest BCUT2D eigenvalue weighted by Crippen LogP contribution is -2.51. The van der Waals surface area contributed by atoms with Gasteiger partial charge in [-0.3, -0.25) is 9.48 Å². The van der Waals surface area contributed by atoms with Gasteiger partial charge >= 0.3 is 0 Å². The molecule has 1 aromatic carbocycles. The first-order valence-corrected chi connectivity index (χ1v) is 13.5. The number of aryl methyl sites for hydroxylation is 2. The molecule has 9 nitrogen and oxygen atoms in total. The van der Waals surface area contributed by atoms with Gasteiger partial charge < -0.3 is 24.7 Å². The number of nitrogens with one attached hydrogen (secondary N) is 2. The first-order valence-electron chi connectivity index (χ1n) is 13.5. The second-order valence-electron chi connectivity index (χ2n) is 11.3. The van der Waals surface area contributed by atoms with Crippen molar-refractivity contribution in [2.24, 2.45) is 12.5 Å². The number of benzene rings is 1. The highest BCUT2D eigenvalue weighted by Crippen LogP contribution is 2.54. The quantitative estimate of drug-likeness (QED) is 0.385. The van der Waals surface area contributed by atoms with Crippen LogP contribution in [-0.4, -0.2) is 57.4 Å². The van der Waals surface area contributed by atoms with Crippen molar-refractivity contribution in [2.75, 3.05) is 30.4 Å². The second-order valence-corrected chi connectivity index (χ2v) is 11.3. The molecule has 1 unspecified atom stereocenters. The zero-order valence-electron chi connectivity index (χ0n) is 22.2. The number of methoxy groups -OCH3 is 1. The molecule has 4 aromatic rings. The summed E-state index contributed by atoms with van der Waals surface area (Å²) >= 11 is 0. The van der Waals surface area contributed by atoms with Crippen molar-refractivity contribution in [3.63, 3.8) is 0 Å². The van der Waals surface area contributed by atoms with Crippen molar-refractivity contribution >= 4 is 33.8 Å². The molecule has 1 saturated heterocycles. The van der Waals surface area contributed by atoms with E-state index in [4.69, 9.17) is 4.74 Å². The van der Waals surface area contributed by atoms with Gasteiger partial charge in [0, 0.05) is 61.6 Å². The largest absolute Gasteiger partial charge is 0.491 e. The number of pyridine rings is 1. The fourth-order valence-electron chi connectivity index (χ4n) is 6.22.